The van der Waals surface area contributed by atoms with E-state index in [1.807, 2.05) is 5.25 Å². The highest BCUT2D eigenvalue weighted by atomic mass is 32.3. The second kappa shape index (κ2) is 7.74. The van der Waals surface area contributed by atoms with E-state index in [0.29, 0.717) is 5.56 Å². The van der Waals surface area contributed by atoms with Crippen LogP contribution in [-0.4, -0.2) is 22.6 Å². The Kier molecular flexibility index (Phi) is 5.89. The lowest BCUT2D eigenvalue weighted by atomic mass is 10.2. The molecule has 0 radical (unpaired) electrons. The molecule has 2 aromatic carbocycles. The Bertz CT molecular complexity index is 1000. The number of sulfonamides is 2. The second-order valence-electron chi connectivity index (χ2n) is 5.02. The van der Waals surface area contributed by atoms with Crippen LogP contribution >= 0.6 is 0 Å². The van der Waals surface area contributed by atoms with Gasteiger partial charge < -0.3 is 0 Å². The number of benzene rings is 2. The standard InChI is InChI=1S/C16H13F2NO4S2/c17-15-5-1-13(2-6-15)9-11-24(20,21)19-25(22,23)12-10-14-3-7-16(18)8-4-14/h1-8,19H,9,11H2. The summed E-state index contributed by atoms with van der Waals surface area (Å²) in [6.45, 7) is 0. The molecule has 0 saturated heterocycles. The Morgan fingerprint density at radius 1 is 0.840 bits per heavy atom. The molecule has 0 aromatic heterocycles. The molecule has 25 heavy (non-hydrogen) atoms. The normalized spacial score (nSPS) is 11.6. The minimum atomic E-state index is -4.41. The van der Waals surface area contributed by atoms with Crippen molar-refractivity contribution in [2.24, 2.45) is 0 Å². The summed E-state index contributed by atoms with van der Waals surface area (Å²) < 4.78 is 74.3. The topological polar surface area (TPSA) is 80.3 Å². The average molecular weight is 385 g/mol. The molecular weight excluding hydrogens is 372 g/mol. The van der Waals surface area contributed by atoms with Crippen LogP contribution in [0.1, 0.15) is 11.1 Å². The van der Waals surface area contributed by atoms with E-state index < -0.39 is 37.4 Å². The summed E-state index contributed by atoms with van der Waals surface area (Å²) in [5.41, 5.74) is 0.761. The summed E-state index contributed by atoms with van der Waals surface area (Å²) in [6.07, 6.45) is 0.0104. The zero-order valence-electron chi connectivity index (χ0n) is 12.7. The highest BCUT2D eigenvalue weighted by Gasteiger charge is 2.18. The molecule has 0 spiro atoms. The van der Waals surface area contributed by atoms with Crippen molar-refractivity contribution in [1.82, 2.24) is 4.13 Å². The molecule has 132 valence electrons. The van der Waals surface area contributed by atoms with Gasteiger partial charge in [-0.25, -0.2) is 17.2 Å². The summed E-state index contributed by atoms with van der Waals surface area (Å²) >= 11 is 0. The van der Waals surface area contributed by atoms with Gasteiger partial charge in [0.25, 0.3) is 10.0 Å². The maximum atomic E-state index is 12.8. The van der Waals surface area contributed by atoms with E-state index in [4.69, 9.17) is 0 Å². The Morgan fingerprint density at radius 3 is 1.92 bits per heavy atom. The van der Waals surface area contributed by atoms with Gasteiger partial charge in [0.05, 0.1) is 5.75 Å². The summed E-state index contributed by atoms with van der Waals surface area (Å²) in [5, 5.41) is 1.82. The van der Waals surface area contributed by atoms with E-state index in [9.17, 15) is 25.6 Å². The zero-order chi connectivity index (χ0) is 18.5. The van der Waals surface area contributed by atoms with Crippen LogP contribution in [0.2, 0.25) is 0 Å². The van der Waals surface area contributed by atoms with Gasteiger partial charge in [-0.15, -0.1) is 0 Å². The van der Waals surface area contributed by atoms with Crippen molar-refractivity contribution in [2.75, 3.05) is 5.75 Å². The van der Waals surface area contributed by atoms with Crippen LogP contribution in [0.4, 0.5) is 8.78 Å². The molecule has 2 aromatic rings. The highest BCUT2D eigenvalue weighted by molar-refractivity contribution is 8.07. The first-order valence-corrected chi connectivity index (χ1v) is 10.1. The summed E-state index contributed by atoms with van der Waals surface area (Å²) in [7, 11) is -8.56. The Hall–Kier alpha value is -2.28. The monoisotopic (exact) mass is 385 g/mol. The molecule has 0 fully saturated rings. The van der Waals surface area contributed by atoms with Gasteiger partial charge in [-0.3, -0.25) is 0 Å². The maximum Gasteiger partial charge on any atom is 0.293 e. The molecule has 0 unspecified atom stereocenters. The SMILES string of the molecule is O=S(=O)(C#Cc1ccc(F)cc1)NS(=O)(=O)CCc1ccc(F)cc1. The molecular formula is C16H13F2NO4S2. The largest absolute Gasteiger partial charge is 0.293 e. The van der Waals surface area contributed by atoms with Crippen molar-refractivity contribution in [1.29, 1.82) is 0 Å². The third kappa shape index (κ3) is 6.62. The first-order chi connectivity index (χ1) is 11.7. The molecule has 0 bridgehead atoms. The van der Waals surface area contributed by atoms with E-state index in [2.05, 4.69) is 5.92 Å². The second-order valence-corrected chi connectivity index (χ2v) is 8.53. The first kappa shape index (κ1) is 19.1. The van der Waals surface area contributed by atoms with Gasteiger partial charge in [0, 0.05) is 10.8 Å². The van der Waals surface area contributed by atoms with Crippen LogP contribution < -0.4 is 4.13 Å². The molecule has 9 heteroatoms. The number of hydrogen-bond acceptors (Lipinski definition) is 4. The molecule has 0 aliphatic heterocycles. The predicted molar refractivity (Wildman–Crippen MR) is 89.2 cm³/mol. The predicted octanol–water partition coefficient (Wildman–Crippen LogP) is 1.77. The van der Waals surface area contributed by atoms with Crippen molar-refractivity contribution in [3.8, 4) is 11.2 Å². The van der Waals surface area contributed by atoms with E-state index in [0.717, 1.165) is 12.1 Å². The average Bonchev–Trinajstić information content (AvgIpc) is 2.53. The molecule has 0 amide bonds. The van der Waals surface area contributed by atoms with Crippen LogP contribution in [0.25, 0.3) is 0 Å². The van der Waals surface area contributed by atoms with Gasteiger partial charge in [0.15, 0.2) is 0 Å². The molecule has 0 saturated carbocycles. The van der Waals surface area contributed by atoms with Gasteiger partial charge >= 0.3 is 0 Å². The third-order valence-corrected chi connectivity index (χ3v) is 5.99. The van der Waals surface area contributed by atoms with E-state index in [1.165, 1.54) is 40.5 Å². The lowest BCUT2D eigenvalue weighted by Crippen LogP contribution is -2.32. The van der Waals surface area contributed by atoms with Crippen molar-refractivity contribution >= 4 is 20.0 Å². The van der Waals surface area contributed by atoms with Crippen LogP contribution in [0.5, 0.6) is 0 Å². The smallest absolute Gasteiger partial charge is 0.211 e. The minimum Gasteiger partial charge on any atom is -0.211 e. The van der Waals surface area contributed by atoms with Crippen molar-refractivity contribution in [2.45, 2.75) is 6.42 Å². The van der Waals surface area contributed by atoms with E-state index >= 15 is 0 Å². The molecule has 0 aliphatic rings. The molecule has 0 heterocycles. The Labute approximate surface area is 144 Å². The highest BCUT2D eigenvalue weighted by Crippen LogP contribution is 2.05. The van der Waals surface area contributed by atoms with Gasteiger partial charge in [-0.2, -0.15) is 8.42 Å². The summed E-state index contributed by atoms with van der Waals surface area (Å²) in [5.74, 6) is 0.778. The lowest BCUT2D eigenvalue weighted by molar-refractivity contribution is 0.581. The van der Waals surface area contributed by atoms with Crippen molar-refractivity contribution in [3.63, 3.8) is 0 Å². The Balaban J connectivity index is 2.03. The van der Waals surface area contributed by atoms with Crippen LogP contribution in [0.15, 0.2) is 48.5 Å². The molecule has 0 aliphatic carbocycles. The van der Waals surface area contributed by atoms with Crippen molar-refractivity contribution < 1.29 is 25.6 Å². The van der Waals surface area contributed by atoms with Gasteiger partial charge in [0.1, 0.15) is 11.6 Å². The zero-order valence-corrected chi connectivity index (χ0v) is 14.4. The molecule has 5 nitrogen and oxygen atoms in total. The summed E-state index contributed by atoms with van der Waals surface area (Å²) in [4.78, 5) is 0. The van der Waals surface area contributed by atoms with Gasteiger partial charge in [-0.1, -0.05) is 16.3 Å². The first-order valence-electron chi connectivity index (χ1n) is 6.94. The minimum absolute atomic E-state index is 0.0104. The summed E-state index contributed by atoms with van der Waals surface area (Å²) in [6, 6.07) is 9.91. The maximum absolute atomic E-state index is 12.8. The number of halogens is 2. The Morgan fingerprint density at radius 2 is 1.36 bits per heavy atom. The van der Waals surface area contributed by atoms with Crippen LogP contribution in [-0.2, 0) is 26.5 Å². The third-order valence-electron chi connectivity index (χ3n) is 2.98. The van der Waals surface area contributed by atoms with Gasteiger partial charge in [-0.05, 0) is 54.3 Å². The van der Waals surface area contributed by atoms with Crippen LogP contribution in [0, 0.1) is 22.8 Å². The number of aryl methyl sites for hydroxylation is 1. The van der Waals surface area contributed by atoms with E-state index in [-0.39, 0.29) is 12.0 Å². The fourth-order valence-corrected chi connectivity index (χ4v) is 4.39. The number of hydrogen-bond donors (Lipinski definition) is 1. The van der Waals surface area contributed by atoms with E-state index in [1.54, 1.807) is 0 Å². The fraction of sp³-hybridized carbons (Fsp3) is 0.125. The molecule has 2 rings (SSSR count). The number of nitrogens with one attached hydrogen (secondary N) is 1. The molecule has 1 N–H and O–H groups in total. The quantitative estimate of drug-likeness (QED) is 0.796. The number of rotatable bonds is 5. The van der Waals surface area contributed by atoms with Gasteiger partial charge in [0.2, 0.25) is 10.0 Å². The lowest BCUT2D eigenvalue weighted by Gasteiger charge is -2.04. The van der Waals surface area contributed by atoms with Crippen molar-refractivity contribution in [3.05, 3.63) is 71.3 Å². The van der Waals surface area contributed by atoms with Crippen LogP contribution in [0.3, 0.4) is 0 Å². The fourth-order valence-electron chi connectivity index (χ4n) is 1.79. The molecule has 0 atom stereocenters.